The summed E-state index contributed by atoms with van der Waals surface area (Å²) >= 11 is 1.58. The van der Waals surface area contributed by atoms with Gasteiger partial charge in [0.15, 0.2) is 5.13 Å². The van der Waals surface area contributed by atoms with Gasteiger partial charge in [-0.2, -0.15) is 0 Å². The van der Waals surface area contributed by atoms with Gasteiger partial charge in [0.1, 0.15) is 0 Å². The van der Waals surface area contributed by atoms with Crippen LogP contribution in [0.5, 0.6) is 0 Å². The van der Waals surface area contributed by atoms with Crippen LogP contribution >= 0.6 is 11.3 Å². The van der Waals surface area contributed by atoms with E-state index in [4.69, 9.17) is 0 Å². The number of hydrogen-bond donors (Lipinski definition) is 0. The average molecular weight is 290 g/mol. The number of methoxy groups -OCH3 is 1. The van der Waals surface area contributed by atoms with E-state index < -0.39 is 0 Å². The van der Waals surface area contributed by atoms with Crippen LogP contribution in [0.1, 0.15) is 17.7 Å². The predicted molar refractivity (Wildman–Crippen MR) is 81.7 cm³/mol. The SMILES string of the molecule is COC(=O)CCc1csc(N(C)c2ccc(C)cc2)n1. The molecule has 1 aromatic heterocycles. The van der Waals surface area contributed by atoms with Crippen LogP contribution in [-0.2, 0) is 16.0 Å². The molecule has 2 aromatic rings. The van der Waals surface area contributed by atoms with E-state index in [9.17, 15) is 4.79 Å². The Bertz CT molecular complexity index is 578. The molecule has 0 fully saturated rings. The van der Waals surface area contributed by atoms with Gasteiger partial charge < -0.3 is 9.64 Å². The van der Waals surface area contributed by atoms with Crippen molar-refractivity contribution in [3.63, 3.8) is 0 Å². The third-order valence-corrected chi connectivity index (χ3v) is 4.03. The molecule has 0 N–H and O–H groups in total. The molecule has 20 heavy (non-hydrogen) atoms. The van der Waals surface area contributed by atoms with Crippen molar-refractivity contribution in [2.24, 2.45) is 0 Å². The molecule has 0 aliphatic heterocycles. The summed E-state index contributed by atoms with van der Waals surface area (Å²) in [7, 11) is 3.40. The lowest BCUT2D eigenvalue weighted by molar-refractivity contribution is -0.140. The fraction of sp³-hybridized carbons (Fsp3) is 0.333. The van der Waals surface area contributed by atoms with E-state index in [-0.39, 0.29) is 5.97 Å². The Kier molecular flexibility index (Phi) is 4.74. The van der Waals surface area contributed by atoms with Gasteiger partial charge in [-0.15, -0.1) is 11.3 Å². The van der Waals surface area contributed by atoms with Gasteiger partial charge in [0.25, 0.3) is 0 Å². The van der Waals surface area contributed by atoms with Crippen LogP contribution in [0.15, 0.2) is 29.6 Å². The number of thiazole rings is 1. The molecule has 1 aromatic carbocycles. The highest BCUT2D eigenvalue weighted by molar-refractivity contribution is 7.13. The maximum absolute atomic E-state index is 11.1. The van der Waals surface area contributed by atoms with Crippen molar-refractivity contribution >= 4 is 28.1 Å². The number of aromatic nitrogens is 1. The van der Waals surface area contributed by atoms with Crippen molar-refractivity contribution in [1.29, 1.82) is 0 Å². The van der Waals surface area contributed by atoms with Gasteiger partial charge in [0.2, 0.25) is 0 Å². The van der Waals surface area contributed by atoms with Crippen LogP contribution in [0, 0.1) is 6.92 Å². The van der Waals surface area contributed by atoms with Crippen molar-refractivity contribution < 1.29 is 9.53 Å². The third-order valence-electron chi connectivity index (χ3n) is 3.06. The number of hydrogen-bond acceptors (Lipinski definition) is 5. The van der Waals surface area contributed by atoms with Crippen molar-refractivity contribution in [3.8, 4) is 0 Å². The van der Waals surface area contributed by atoms with Gasteiger partial charge in [-0.25, -0.2) is 4.98 Å². The second-order valence-electron chi connectivity index (χ2n) is 4.59. The highest BCUT2D eigenvalue weighted by Gasteiger charge is 2.10. The third kappa shape index (κ3) is 3.57. The molecule has 4 nitrogen and oxygen atoms in total. The summed E-state index contributed by atoms with van der Waals surface area (Å²) in [6.45, 7) is 2.07. The Morgan fingerprint density at radius 3 is 2.70 bits per heavy atom. The molecule has 5 heteroatoms. The van der Waals surface area contributed by atoms with Gasteiger partial charge in [0, 0.05) is 24.5 Å². The van der Waals surface area contributed by atoms with Crippen molar-refractivity contribution in [3.05, 3.63) is 40.9 Å². The van der Waals surface area contributed by atoms with E-state index in [1.807, 2.05) is 17.3 Å². The number of ether oxygens (including phenoxy) is 1. The molecule has 2 rings (SSSR count). The molecule has 0 aliphatic carbocycles. The lowest BCUT2D eigenvalue weighted by Gasteiger charge is -2.15. The first-order chi connectivity index (χ1) is 9.60. The van der Waals surface area contributed by atoms with Gasteiger partial charge in [-0.3, -0.25) is 4.79 Å². The van der Waals surface area contributed by atoms with E-state index in [2.05, 4.69) is 40.9 Å². The standard InChI is InChI=1S/C15H18N2O2S/c1-11-4-7-13(8-5-11)17(2)15-16-12(10-20-15)6-9-14(18)19-3/h4-5,7-8,10H,6,9H2,1-3H3. The molecule has 0 aliphatic rings. The molecule has 0 atom stereocenters. The highest BCUT2D eigenvalue weighted by Crippen LogP contribution is 2.27. The van der Waals surface area contributed by atoms with Crippen LogP contribution in [-0.4, -0.2) is 25.1 Å². The molecule has 106 valence electrons. The van der Waals surface area contributed by atoms with E-state index in [0.717, 1.165) is 16.5 Å². The highest BCUT2D eigenvalue weighted by atomic mass is 32.1. The summed E-state index contributed by atoms with van der Waals surface area (Å²) in [5, 5.41) is 2.91. The number of nitrogens with zero attached hydrogens (tertiary/aromatic N) is 2. The van der Waals surface area contributed by atoms with Crippen LogP contribution < -0.4 is 4.90 Å². The predicted octanol–water partition coefficient (Wildman–Crippen LogP) is 3.33. The second-order valence-corrected chi connectivity index (χ2v) is 5.43. The molecule has 0 unspecified atom stereocenters. The molecular weight excluding hydrogens is 272 g/mol. The van der Waals surface area contributed by atoms with Gasteiger partial charge >= 0.3 is 5.97 Å². The molecular formula is C15H18N2O2S. The van der Waals surface area contributed by atoms with Gasteiger partial charge in [0.05, 0.1) is 19.2 Å². The maximum Gasteiger partial charge on any atom is 0.305 e. The summed E-state index contributed by atoms with van der Waals surface area (Å²) in [6, 6.07) is 8.31. The van der Waals surface area contributed by atoms with Crippen LogP contribution in [0.4, 0.5) is 10.8 Å². The van der Waals surface area contributed by atoms with E-state index >= 15 is 0 Å². The molecule has 0 amide bonds. The summed E-state index contributed by atoms with van der Waals surface area (Å²) in [4.78, 5) is 17.7. The fourth-order valence-electron chi connectivity index (χ4n) is 1.78. The zero-order valence-electron chi connectivity index (χ0n) is 11.9. The first kappa shape index (κ1) is 14.5. The minimum Gasteiger partial charge on any atom is -0.469 e. The van der Waals surface area contributed by atoms with Gasteiger partial charge in [-0.1, -0.05) is 17.7 Å². The summed E-state index contributed by atoms with van der Waals surface area (Å²) in [5.41, 5.74) is 3.26. The lowest BCUT2D eigenvalue weighted by Crippen LogP contribution is -2.09. The first-order valence-corrected chi connectivity index (χ1v) is 7.29. The summed E-state index contributed by atoms with van der Waals surface area (Å²) < 4.78 is 4.63. The van der Waals surface area contributed by atoms with Crippen molar-refractivity contribution in [2.45, 2.75) is 19.8 Å². The van der Waals surface area contributed by atoms with Crippen molar-refractivity contribution in [1.82, 2.24) is 4.98 Å². The molecule has 1 heterocycles. The van der Waals surface area contributed by atoms with Crippen molar-refractivity contribution in [2.75, 3.05) is 19.1 Å². The average Bonchev–Trinajstić information content (AvgIpc) is 2.93. The maximum atomic E-state index is 11.1. The summed E-state index contributed by atoms with van der Waals surface area (Å²) in [5.74, 6) is -0.202. The topological polar surface area (TPSA) is 42.4 Å². The van der Waals surface area contributed by atoms with E-state index in [0.29, 0.717) is 12.8 Å². The first-order valence-electron chi connectivity index (χ1n) is 6.42. The molecule has 0 bridgehead atoms. The smallest absolute Gasteiger partial charge is 0.305 e. The minimum atomic E-state index is -0.202. The monoisotopic (exact) mass is 290 g/mol. The Hall–Kier alpha value is -1.88. The fourth-order valence-corrected chi connectivity index (χ4v) is 2.62. The number of anilines is 2. The largest absolute Gasteiger partial charge is 0.469 e. The zero-order valence-corrected chi connectivity index (χ0v) is 12.7. The number of esters is 1. The number of carbonyl (C=O) groups excluding carboxylic acids is 1. The minimum absolute atomic E-state index is 0.202. The summed E-state index contributed by atoms with van der Waals surface area (Å²) in [6.07, 6.45) is 0.985. The van der Waals surface area contributed by atoms with Crippen LogP contribution in [0.3, 0.4) is 0 Å². The number of carbonyl (C=O) groups is 1. The molecule has 0 saturated heterocycles. The van der Waals surface area contributed by atoms with E-state index in [1.165, 1.54) is 12.7 Å². The Morgan fingerprint density at radius 2 is 2.05 bits per heavy atom. The van der Waals surface area contributed by atoms with Crippen LogP contribution in [0.25, 0.3) is 0 Å². The van der Waals surface area contributed by atoms with Gasteiger partial charge in [-0.05, 0) is 19.1 Å². The quantitative estimate of drug-likeness (QED) is 0.792. The second kappa shape index (κ2) is 6.52. The number of rotatable bonds is 5. The van der Waals surface area contributed by atoms with Crippen LogP contribution in [0.2, 0.25) is 0 Å². The molecule has 0 spiro atoms. The normalized spacial score (nSPS) is 10.3. The Balaban J connectivity index is 2.04. The number of aryl methyl sites for hydroxylation is 2. The molecule has 0 saturated carbocycles. The van der Waals surface area contributed by atoms with E-state index in [1.54, 1.807) is 11.3 Å². The Labute approximate surface area is 123 Å². The zero-order chi connectivity index (χ0) is 14.5. The Morgan fingerprint density at radius 1 is 1.35 bits per heavy atom. The lowest BCUT2D eigenvalue weighted by atomic mass is 10.2. The number of benzene rings is 1. The molecule has 0 radical (unpaired) electrons.